The van der Waals surface area contributed by atoms with Crippen LogP contribution in [0.4, 0.5) is 0 Å². The molecule has 1 amide bonds. The number of carbonyl (C=O) groups excluding carboxylic acids is 1. The molecule has 118 valence electrons. The molecule has 2 fully saturated rings. The normalized spacial score (nSPS) is 27.9. The van der Waals surface area contributed by atoms with E-state index < -0.39 is 0 Å². The van der Waals surface area contributed by atoms with Crippen molar-refractivity contribution in [2.45, 2.75) is 70.3 Å². The van der Waals surface area contributed by atoms with E-state index in [0.29, 0.717) is 11.9 Å². The topological polar surface area (TPSA) is 20.3 Å². The molecular weight excluding hydrogens is 270 g/mol. The van der Waals surface area contributed by atoms with Crippen molar-refractivity contribution in [3.05, 3.63) is 34.9 Å². The number of carbonyl (C=O) groups is 1. The minimum atomic E-state index is 0.296. The molecule has 1 aliphatic heterocycles. The van der Waals surface area contributed by atoms with Crippen LogP contribution >= 0.6 is 0 Å². The summed E-state index contributed by atoms with van der Waals surface area (Å²) in [7, 11) is 0. The number of aryl methyl sites for hydroxylation is 2. The van der Waals surface area contributed by atoms with Gasteiger partial charge < -0.3 is 4.90 Å². The number of piperidine rings is 1. The van der Waals surface area contributed by atoms with Crippen LogP contribution in [-0.2, 0) is 12.8 Å². The Labute approximate surface area is 133 Å². The van der Waals surface area contributed by atoms with Crippen molar-refractivity contribution in [3.63, 3.8) is 0 Å². The fourth-order valence-corrected chi connectivity index (χ4v) is 4.91. The van der Waals surface area contributed by atoms with Gasteiger partial charge in [-0.1, -0.05) is 18.9 Å². The molecular formula is C20H27NO. The van der Waals surface area contributed by atoms with Crippen LogP contribution in [0, 0.1) is 5.92 Å². The zero-order chi connectivity index (χ0) is 14.9. The summed E-state index contributed by atoms with van der Waals surface area (Å²) in [6.07, 6.45) is 12.7. The summed E-state index contributed by atoms with van der Waals surface area (Å²) in [6, 6.07) is 7.01. The first-order chi connectivity index (χ1) is 10.8. The van der Waals surface area contributed by atoms with Crippen molar-refractivity contribution in [1.82, 2.24) is 4.90 Å². The molecule has 1 saturated heterocycles. The lowest BCUT2D eigenvalue weighted by atomic mass is 9.78. The van der Waals surface area contributed by atoms with Crippen molar-refractivity contribution in [2.75, 3.05) is 6.54 Å². The summed E-state index contributed by atoms with van der Waals surface area (Å²) in [6.45, 7) is 0.969. The number of benzene rings is 1. The van der Waals surface area contributed by atoms with Gasteiger partial charge in [-0.15, -0.1) is 0 Å². The first-order valence-corrected chi connectivity index (χ1v) is 9.26. The van der Waals surface area contributed by atoms with E-state index in [1.54, 1.807) is 0 Å². The largest absolute Gasteiger partial charge is 0.335 e. The molecule has 0 N–H and O–H groups in total. The van der Waals surface area contributed by atoms with E-state index in [9.17, 15) is 4.79 Å². The van der Waals surface area contributed by atoms with Crippen molar-refractivity contribution in [2.24, 2.45) is 5.92 Å². The van der Waals surface area contributed by atoms with Crippen molar-refractivity contribution in [1.29, 1.82) is 0 Å². The van der Waals surface area contributed by atoms with Gasteiger partial charge in [0.15, 0.2) is 0 Å². The molecule has 2 heteroatoms. The maximum absolute atomic E-state index is 13.1. The Balaban J connectivity index is 1.57. The quantitative estimate of drug-likeness (QED) is 0.754. The smallest absolute Gasteiger partial charge is 0.254 e. The highest BCUT2D eigenvalue weighted by Crippen LogP contribution is 2.36. The van der Waals surface area contributed by atoms with Gasteiger partial charge in [-0.05, 0) is 80.5 Å². The van der Waals surface area contributed by atoms with Crippen LogP contribution < -0.4 is 0 Å². The molecule has 3 aliphatic rings. The number of hydrogen-bond acceptors (Lipinski definition) is 1. The molecule has 1 saturated carbocycles. The number of rotatable bonds is 1. The Hall–Kier alpha value is -1.31. The highest BCUT2D eigenvalue weighted by Gasteiger charge is 2.36. The van der Waals surface area contributed by atoms with Gasteiger partial charge in [0.25, 0.3) is 5.91 Å². The third-order valence-electron chi connectivity index (χ3n) is 6.10. The zero-order valence-corrected chi connectivity index (χ0v) is 13.5. The molecule has 2 aliphatic carbocycles. The van der Waals surface area contributed by atoms with Crippen LogP contribution in [-0.4, -0.2) is 23.4 Å². The summed E-state index contributed by atoms with van der Waals surface area (Å²) >= 11 is 0. The standard InChI is InChI=1S/C20H27NO/c22-20(18-12-11-15-6-1-2-8-17(15)14-18)21-13-5-9-16-7-3-4-10-19(16)21/h11-12,14,16,19H,1-10,13H2. The van der Waals surface area contributed by atoms with Crippen LogP contribution in [0.5, 0.6) is 0 Å². The van der Waals surface area contributed by atoms with Crippen molar-refractivity contribution >= 4 is 5.91 Å². The van der Waals surface area contributed by atoms with Crippen LogP contribution in [0.3, 0.4) is 0 Å². The van der Waals surface area contributed by atoms with E-state index in [2.05, 4.69) is 23.1 Å². The number of amides is 1. The van der Waals surface area contributed by atoms with E-state index in [0.717, 1.165) is 24.4 Å². The van der Waals surface area contributed by atoms with Crippen LogP contribution in [0.1, 0.15) is 72.9 Å². The maximum Gasteiger partial charge on any atom is 0.254 e. The second-order valence-corrected chi connectivity index (χ2v) is 7.44. The van der Waals surface area contributed by atoms with Gasteiger partial charge in [-0.2, -0.15) is 0 Å². The minimum Gasteiger partial charge on any atom is -0.335 e. The summed E-state index contributed by atoms with van der Waals surface area (Å²) in [4.78, 5) is 15.3. The molecule has 1 aromatic carbocycles. The van der Waals surface area contributed by atoms with E-state index in [-0.39, 0.29) is 0 Å². The summed E-state index contributed by atoms with van der Waals surface area (Å²) in [5, 5.41) is 0. The van der Waals surface area contributed by atoms with E-state index in [1.807, 2.05) is 0 Å². The van der Waals surface area contributed by atoms with Gasteiger partial charge in [-0.25, -0.2) is 0 Å². The van der Waals surface area contributed by atoms with E-state index in [4.69, 9.17) is 0 Å². The first kappa shape index (κ1) is 14.3. The van der Waals surface area contributed by atoms with Crippen molar-refractivity contribution < 1.29 is 4.79 Å². The lowest BCUT2D eigenvalue weighted by Crippen LogP contribution is -2.49. The third kappa shape index (κ3) is 2.57. The second kappa shape index (κ2) is 6.06. The third-order valence-corrected chi connectivity index (χ3v) is 6.10. The Kier molecular flexibility index (Phi) is 3.94. The van der Waals surface area contributed by atoms with E-state index >= 15 is 0 Å². The number of nitrogens with zero attached hydrogens (tertiary/aromatic N) is 1. The van der Waals surface area contributed by atoms with Crippen LogP contribution in [0.2, 0.25) is 0 Å². The molecule has 0 bridgehead atoms. The summed E-state index contributed by atoms with van der Waals surface area (Å²) in [5.74, 6) is 1.06. The Bertz CT molecular complexity index is 563. The lowest BCUT2D eigenvalue weighted by Gasteiger charge is -2.44. The second-order valence-electron chi connectivity index (χ2n) is 7.44. The Morgan fingerprint density at radius 1 is 0.909 bits per heavy atom. The van der Waals surface area contributed by atoms with Gasteiger partial charge in [0.1, 0.15) is 0 Å². The van der Waals surface area contributed by atoms with Crippen LogP contribution in [0.15, 0.2) is 18.2 Å². The summed E-state index contributed by atoms with van der Waals surface area (Å²) < 4.78 is 0. The highest BCUT2D eigenvalue weighted by molar-refractivity contribution is 5.94. The molecule has 1 heterocycles. The molecule has 0 spiro atoms. The van der Waals surface area contributed by atoms with Crippen LogP contribution in [0.25, 0.3) is 0 Å². The van der Waals surface area contributed by atoms with Crippen molar-refractivity contribution in [3.8, 4) is 0 Å². The average Bonchev–Trinajstić information content (AvgIpc) is 2.60. The fraction of sp³-hybridized carbons (Fsp3) is 0.650. The maximum atomic E-state index is 13.1. The molecule has 4 rings (SSSR count). The predicted octanol–water partition coefficient (Wildman–Crippen LogP) is 4.36. The average molecular weight is 297 g/mol. The predicted molar refractivity (Wildman–Crippen MR) is 89.1 cm³/mol. The first-order valence-electron chi connectivity index (χ1n) is 9.26. The molecule has 2 unspecified atom stereocenters. The van der Waals surface area contributed by atoms with Gasteiger partial charge >= 0.3 is 0 Å². The van der Waals surface area contributed by atoms with Gasteiger partial charge in [0, 0.05) is 18.2 Å². The summed E-state index contributed by atoms with van der Waals surface area (Å²) in [5.41, 5.74) is 3.83. The highest BCUT2D eigenvalue weighted by atomic mass is 16.2. The van der Waals surface area contributed by atoms with Gasteiger partial charge in [0.05, 0.1) is 0 Å². The molecule has 1 aromatic rings. The number of fused-ring (bicyclic) bond motifs is 2. The zero-order valence-electron chi connectivity index (χ0n) is 13.5. The monoisotopic (exact) mass is 297 g/mol. The molecule has 2 nitrogen and oxygen atoms in total. The Morgan fingerprint density at radius 3 is 2.59 bits per heavy atom. The minimum absolute atomic E-state index is 0.296. The van der Waals surface area contributed by atoms with E-state index in [1.165, 1.54) is 68.9 Å². The van der Waals surface area contributed by atoms with Gasteiger partial charge in [0.2, 0.25) is 0 Å². The Morgan fingerprint density at radius 2 is 1.68 bits per heavy atom. The number of likely N-dealkylation sites (tertiary alicyclic amines) is 1. The molecule has 0 radical (unpaired) electrons. The lowest BCUT2D eigenvalue weighted by molar-refractivity contribution is 0.0390. The molecule has 2 atom stereocenters. The molecule has 0 aromatic heterocycles. The number of hydrogen-bond donors (Lipinski definition) is 0. The fourth-order valence-electron chi connectivity index (χ4n) is 4.91. The SMILES string of the molecule is O=C(c1ccc2c(c1)CCCC2)N1CCCC2CCCCC21. The van der Waals surface area contributed by atoms with Gasteiger partial charge in [-0.3, -0.25) is 4.79 Å². The molecule has 22 heavy (non-hydrogen) atoms.